The molecule has 1 aromatic carbocycles. The van der Waals surface area contributed by atoms with E-state index in [0.717, 1.165) is 11.4 Å². The molecule has 0 unspecified atom stereocenters. The van der Waals surface area contributed by atoms with E-state index in [1.54, 1.807) is 6.07 Å². The highest BCUT2D eigenvalue weighted by Gasteiger charge is 2.18. The molecule has 0 aliphatic rings. The minimum atomic E-state index is -0.557. The number of benzene rings is 1. The maximum atomic E-state index is 11.5. The summed E-state index contributed by atoms with van der Waals surface area (Å²) in [4.78, 5) is 31.2. The van der Waals surface area contributed by atoms with Gasteiger partial charge in [0.2, 0.25) is 0 Å². The standard InChI is InChI=1S/C14H13N3O3S/c1-8-6-9(2)16-14(15-8)21-11-4-5-13(17(19)20)12(7-11)10(3)18/h4-7H,1-3H3. The average molecular weight is 303 g/mol. The molecule has 0 fully saturated rings. The van der Waals surface area contributed by atoms with Crippen LogP contribution in [-0.4, -0.2) is 20.7 Å². The molecule has 108 valence electrons. The van der Waals surface area contributed by atoms with Crippen molar-refractivity contribution in [3.05, 3.63) is 51.3 Å². The summed E-state index contributed by atoms with van der Waals surface area (Å²) < 4.78 is 0. The highest BCUT2D eigenvalue weighted by molar-refractivity contribution is 7.99. The third-order valence-corrected chi connectivity index (χ3v) is 3.57. The summed E-state index contributed by atoms with van der Waals surface area (Å²) in [5.41, 5.74) is 1.60. The molecule has 0 amide bonds. The largest absolute Gasteiger partial charge is 0.294 e. The second-order valence-corrected chi connectivity index (χ2v) is 5.57. The number of nitro benzene ring substituents is 1. The first kappa shape index (κ1) is 15.1. The van der Waals surface area contributed by atoms with Crippen molar-refractivity contribution in [2.75, 3.05) is 0 Å². The van der Waals surface area contributed by atoms with Crippen molar-refractivity contribution >= 4 is 23.2 Å². The Morgan fingerprint density at radius 3 is 2.33 bits per heavy atom. The van der Waals surface area contributed by atoms with E-state index in [2.05, 4.69) is 9.97 Å². The Morgan fingerprint density at radius 1 is 1.19 bits per heavy atom. The smallest absolute Gasteiger partial charge is 0.280 e. The molecule has 0 saturated carbocycles. The van der Waals surface area contributed by atoms with Gasteiger partial charge in [-0.05, 0) is 50.7 Å². The first-order chi connectivity index (χ1) is 9.86. The minimum absolute atomic E-state index is 0.0920. The zero-order valence-electron chi connectivity index (χ0n) is 11.8. The summed E-state index contributed by atoms with van der Waals surface area (Å²) in [6.45, 7) is 5.05. The van der Waals surface area contributed by atoms with Gasteiger partial charge >= 0.3 is 0 Å². The van der Waals surface area contributed by atoms with Gasteiger partial charge in [-0.2, -0.15) is 0 Å². The molecular weight excluding hydrogens is 290 g/mol. The van der Waals surface area contributed by atoms with Crippen molar-refractivity contribution in [1.82, 2.24) is 9.97 Å². The molecule has 2 aromatic rings. The maximum Gasteiger partial charge on any atom is 0.280 e. The Balaban J connectivity index is 2.39. The van der Waals surface area contributed by atoms with Crippen molar-refractivity contribution < 1.29 is 9.72 Å². The Labute approximate surface area is 125 Å². The molecule has 0 saturated heterocycles. The van der Waals surface area contributed by atoms with Crippen molar-refractivity contribution in [3.63, 3.8) is 0 Å². The van der Waals surface area contributed by atoms with E-state index in [1.165, 1.54) is 30.8 Å². The minimum Gasteiger partial charge on any atom is -0.294 e. The van der Waals surface area contributed by atoms with Crippen LogP contribution in [0.2, 0.25) is 0 Å². The topological polar surface area (TPSA) is 86.0 Å². The molecule has 0 bridgehead atoms. The summed E-state index contributed by atoms with van der Waals surface area (Å²) in [6, 6.07) is 6.30. The zero-order valence-corrected chi connectivity index (χ0v) is 12.6. The molecule has 0 aliphatic heterocycles. The van der Waals surface area contributed by atoms with E-state index in [9.17, 15) is 14.9 Å². The number of hydrogen-bond acceptors (Lipinski definition) is 6. The third-order valence-electron chi connectivity index (χ3n) is 2.71. The maximum absolute atomic E-state index is 11.5. The quantitative estimate of drug-likeness (QED) is 0.372. The monoisotopic (exact) mass is 303 g/mol. The first-order valence-electron chi connectivity index (χ1n) is 6.16. The number of rotatable bonds is 4. The van der Waals surface area contributed by atoms with Gasteiger partial charge in [0.25, 0.3) is 5.69 Å². The van der Waals surface area contributed by atoms with Crippen LogP contribution < -0.4 is 0 Å². The fraction of sp³-hybridized carbons (Fsp3) is 0.214. The van der Waals surface area contributed by atoms with E-state index in [4.69, 9.17) is 0 Å². The number of carbonyl (C=O) groups is 1. The van der Waals surface area contributed by atoms with Gasteiger partial charge in [-0.25, -0.2) is 9.97 Å². The van der Waals surface area contributed by atoms with Crippen LogP contribution in [0.15, 0.2) is 34.3 Å². The first-order valence-corrected chi connectivity index (χ1v) is 6.98. The van der Waals surface area contributed by atoms with Crippen molar-refractivity contribution in [2.45, 2.75) is 30.8 Å². The predicted molar refractivity (Wildman–Crippen MR) is 78.7 cm³/mol. The van der Waals surface area contributed by atoms with Gasteiger partial charge in [0.15, 0.2) is 10.9 Å². The summed E-state index contributed by atoms with van der Waals surface area (Å²) in [5.74, 6) is -0.342. The second-order valence-electron chi connectivity index (χ2n) is 4.53. The Hall–Kier alpha value is -2.28. The molecule has 0 aliphatic carbocycles. The van der Waals surface area contributed by atoms with Crippen LogP contribution >= 0.6 is 11.8 Å². The van der Waals surface area contributed by atoms with Gasteiger partial charge < -0.3 is 0 Å². The van der Waals surface area contributed by atoms with Crippen molar-refractivity contribution in [3.8, 4) is 0 Å². The molecule has 1 aromatic heterocycles. The number of nitro groups is 1. The van der Waals surface area contributed by atoms with Gasteiger partial charge in [-0.3, -0.25) is 14.9 Å². The SMILES string of the molecule is CC(=O)c1cc(Sc2nc(C)cc(C)n2)ccc1[N+](=O)[O-]. The number of Topliss-reactive ketones (excluding diaryl/α,β-unsaturated/α-hetero) is 1. The van der Waals surface area contributed by atoms with Gasteiger partial charge in [0.1, 0.15) is 0 Å². The van der Waals surface area contributed by atoms with E-state index < -0.39 is 4.92 Å². The molecule has 0 atom stereocenters. The fourth-order valence-electron chi connectivity index (χ4n) is 1.86. The molecule has 6 nitrogen and oxygen atoms in total. The van der Waals surface area contributed by atoms with E-state index >= 15 is 0 Å². The summed E-state index contributed by atoms with van der Waals surface area (Å²) >= 11 is 1.27. The van der Waals surface area contributed by atoms with Crippen LogP contribution in [0.4, 0.5) is 5.69 Å². The Kier molecular flexibility index (Phi) is 4.32. The predicted octanol–water partition coefficient (Wildman–Crippen LogP) is 3.36. The zero-order chi connectivity index (χ0) is 15.6. The molecule has 1 heterocycles. The fourth-order valence-corrected chi connectivity index (χ4v) is 2.77. The number of hydrogen-bond donors (Lipinski definition) is 0. The number of carbonyl (C=O) groups excluding carboxylic acids is 1. The number of ketones is 1. The third kappa shape index (κ3) is 3.63. The molecule has 2 rings (SSSR count). The Morgan fingerprint density at radius 2 is 1.81 bits per heavy atom. The second kappa shape index (κ2) is 6.01. The number of nitrogens with zero attached hydrogens (tertiary/aromatic N) is 3. The number of aromatic nitrogens is 2. The molecule has 7 heteroatoms. The van der Waals surface area contributed by atoms with E-state index in [-0.39, 0.29) is 17.0 Å². The molecule has 0 N–H and O–H groups in total. The molecule has 0 radical (unpaired) electrons. The average Bonchev–Trinajstić information content (AvgIpc) is 2.36. The van der Waals surface area contributed by atoms with Crippen LogP contribution in [0.3, 0.4) is 0 Å². The van der Waals surface area contributed by atoms with Crippen LogP contribution in [0.5, 0.6) is 0 Å². The normalized spacial score (nSPS) is 10.4. The van der Waals surface area contributed by atoms with Gasteiger partial charge in [0, 0.05) is 22.3 Å². The number of aryl methyl sites for hydroxylation is 2. The lowest BCUT2D eigenvalue weighted by Gasteiger charge is -2.05. The van der Waals surface area contributed by atoms with Crippen molar-refractivity contribution in [2.24, 2.45) is 0 Å². The van der Waals surface area contributed by atoms with Gasteiger partial charge in [-0.15, -0.1) is 0 Å². The lowest BCUT2D eigenvalue weighted by molar-refractivity contribution is -0.385. The lowest BCUT2D eigenvalue weighted by Crippen LogP contribution is -2.00. The Bertz CT molecular complexity index is 711. The van der Waals surface area contributed by atoms with Crippen LogP contribution in [0.1, 0.15) is 28.7 Å². The van der Waals surface area contributed by atoms with Gasteiger partial charge in [-0.1, -0.05) is 0 Å². The summed E-state index contributed by atoms with van der Waals surface area (Å²) in [6.07, 6.45) is 0. The summed E-state index contributed by atoms with van der Waals surface area (Å²) in [7, 11) is 0. The lowest BCUT2D eigenvalue weighted by atomic mass is 10.1. The summed E-state index contributed by atoms with van der Waals surface area (Å²) in [5, 5.41) is 11.5. The van der Waals surface area contributed by atoms with Crippen LogP contribution in [0.25, 0.3) is 0 Å². The molecular formula is C14H13N3O3S. The highest BCUT2D eigenvalue weighted by Crippen LogP contribution is 2.30. The van der Waals surface area contributed by atoms with Crippen LogP contribution in [-0.2, 0) is 0 Å². The molecule has 21 heavy (non-hydrogen) atoms. The molecule has 0 spiro atoms. The highest BCUT2D eigenvalue weighted by atomic mass is 32.2. The van der Waals surface area contributed by atoms with E-state index in [1.807, 2.05) is 19.9 Å². The van der Waals surface area contributed by atoms with Gasteiger partial charge in [0.05, 0.1) is 10.5 Å². The van der Waals surface area contributed by atoms with Crippen LogP contribution in [0, 0.1) is 24.0 Å². The van der Waals surface area contributed by atoms with E-state index in [0.29, 0.717) is 10.1 Å². The van der Waals surface area contributed by atoms with Crippen molar-refractivity contribution in [1.29, 1.82) is 0 Å².